The summed E-state index contributed by atoms with van der Waals surface area (Å²) in [6.07, 6.45) is 7.06. The number of carbonyl (C=O) groups excluding carboxylic acids is 3. The van der Waals surface area contributed by atoms with E-state index in [1.807, 2.05) is 31.1 Å². The smallest absolute Gasteiger partial charge is 0.328 e. The highest BCUT2D eigenvalue weighted by Gasteiger charge is 2.27. The van der Waals surface area contributed by atoms with Crippen molar-refractivity contribution in [1.82, 2.24) is 34.7 Å². The number of hydrogen-bond acceptors (Lipinski definition) is 10. The zero-order chi connectivity index (χ0) is 39.1. The van der Waals surface area contributed by atoms with E-state index in [9.17, 15) is 19.2 Å². The molecule has 4 aromatic heterocycles. The van der Waals surface area contributed by atoms with Crippen molar-refractivity contribution in [3.05, 3.63) is 94.1 Å². The first kappa shape index (κ1) is 36.2. The molecule has 0 bridgehead atoms. The molecule has 2 aliphatic rings. The minimum absolute atomic E-state index is 0.0461. The van der Waals surface area contributed by atoms with Crippen LogP contribution in [0.3, 0.4) is 0 Å². The third kappa shape index (κ3) is 6.75. The molecule has 0 aliphatic carbocycles. The Kier molecular flexibility index (Phi) is 9.57. The molecule has 15 nitrogen and oxygen atoms in total. The molecule has 2 N–H and O–H groups in total. The van der Waals surface area contributed by atoms with Gasteiger partial charge in [0.15, 0.2) is 11.6 Å². The Balaban J connectivity index is 0.938. The van der Waals surface area contributed by atoms with Crippen LogP contribution in [-0.2, 0) is 23.6 Å². The maximum absolute atomic E-state index is 13.0. The van der Waals surface area contributed by atoms with E-state index >= 15 is 0 Å². The Bertz CT molecular complexity index is 2660. The number of furan rings is 1. The van der Waals surface area contributed by atoms with Crippen LogP contribution < -0.4 is 26.1 Å². The number of amides is 4. The lowest BCUT2D eigenvalue weighted by atomic mass is 9.90. The maximum Gasteiger partial charge on any atom is 0.328 e. The van der Waals surface area contributed by atoms with Crippen molar-refractivity contribution < 1.29 is 23.5 Å². The van der Waals surface area contributed by atoms with Crippen LogP contribution in [-0.4, -0.2) is 75.3 Å². The van der Waals surface area contributed by atoms with Crippen molar-refractivity contribution in [2.45, 2.75) is 32.1 Å². The molecule has 6 heterocycles. The number of aryl methyl sites for hydroxylation is 3. The zero-order valence-corrected chi connectivity index (χ0v) is 31.4. The van der Waals surface area contributed by atoms with Crippen molar-refractivity contribution in [2.24, 2.45) is 14.1 Å². The normalized spacial score (nSPS) is 14.8. The average molecular weight is 754 g/mol. The van der Waals surface area contributed by atoms with Gasteiger partial charge in [0.2, 0.25) is 5.91 Å². The molecule has 4 amide bonds. The average Bonchev–Trinajstić information content (AvgIpc) is 3.73. The van der Waals surface area contributed by atoms with Crippen molar-refractivity contribution in [1.29, 1.82) is 0 Å². The molecular formula is C41H39N9O6. The second kappa shape index (κ2) is 14.8. The third-order valence-electron chi connectivity index (χ3n) is 10.4. The van der Waals surface area contributed by atoms with Gasteiger partial charge in [-0.3, -0.25) is 33.9 Å². The summed E-state index contributed by atoms with van der Waals surface area (Å²) in [6.45, 7) is 3.50. The van der Waals surface area contributed by atoms with Gasteiger partial charge in [-0.2, -0.15) is 0 Å². The van der Waals surface area contributed by atoms with E-state index < -0.39 is 6.03 Å². The molecule has 2 fully saturated rings. The number of pyridine rings is 1. The summed E-state index contributed by atoms with van der Waals surface area (Å²) in [7, 11) is 5.57. The number of urea groups is 1. The fraction of sp³-hybridized carbons (Fsp3) is 0.293. The number of imide groups is 1. The fourth-order valence-electron chi connectivity index (χ4n) is 7.39. The summed E-state index contributed by atoms with van der Waals surface area (Å²) in [5, 5.41) is 5.81. The Morgan fingerprint density at radius 1 is 1.00 bits per heavy atom. The van der Waals surface area contributed by atoms with Crippen molar-refractivity contribution >= 4 is 56.9 Å². The van der Waals surface area contributed by atoms with Crippen LogP contribution in [0, 0.1) is 18.8 Å². The van der Waals surface area contributed by atoms with Crippen molar-refractivity contribution in [3.8, 4) is 23.2 Å². The molecule has 0 unspecified atom stereocenters. The molecule has 284 valence electrons. The Morgan fingerprint density at radius 2 is 1.79 bits per heavy atom. The number of nitrogens with one attached hydrogen (secondary N) is 2. The summed E-state index contributed by atoms with van der Waals surface area (Å²) in [4.78, 5) is 67.2. The van der Waals surface area contributed by atoms with Crippen LogP contribution in [0.2, 0.25) is 0 Å². The quantitative estimate of drug-likeness (QED) is 0.219. The number of hydrogen-bond donors (Lipinski definition) is 2. The number of rotatable bonds is 7. The van der Waals surface area contributed by atoms with E-state index in [1.54, 1.807) is 66.0 Å². The predicted molar refractivity (Wildman–Crippen MR) is 210 cm³/mol. The molecule has 6 aromatic rings. The first-order valence-electron chi connectivity index (χ1n) is 18.3. The highest BCUT2D eigenvalue weighted by molar-refractivity contribution is 6.09. The highest BCUT2D eigenvalue weighted by atomic mass is 16.5. The van der Waals surface area contributed by atoms with E-state index in [1.165, 1.54) is 4.90 Å². The van der Waals surface area contributed by atoms with E-state index in [2.05, 4.69) is 43.5 Å². The minimum atomic E-state index is -0.482. The standard InChI is InChI=1S/C41H39N9O6/c1-24-17-26(21-43-36(24)39(52)42-13-6-7-29-20-31-32(8-5-9-34(31)56-29)50-14-10-35(51)46-40(50)53)38-44-22-28(23-45-38)47(2)27-18-30(25-11-15-55-16-12-25)37-33(19-27)48(3)41(54)49(37)4/h5,8-9,17-23,25H,10-16H2,1-4H3,(H,42,52)(H,46,51,53). The molecule has 2 aromatic carbocycles. The lowest BCUT2D eigenvalue weighted by Crippen LogP contribution is -2.49. The number of benzene rings is 2. The molecule has 2 aliphatic heterocycles. The summed E-state index contributed by atoms with van der Waals surface area (Å²) in [5.41, 5.74) is 7.30. The van der Waals surface area contributed by atoms with Gasteiger partial charge < -0.3 is 19.4 Å². The lowest BCUT2D eigenvalue weighted by Gasteiger charge is -2.26. The second-order valence-electron chi connectivity index (χ2n) is 13.9. The highest BCUT2D eigenvalue weighted by Crippen LogP contribution is 2.37. The van der Waals surface area contributed by atoms with Gasteiger partial charge in [-0.05, 0) is 73.1 Å². The van der Waals surface area contributed by atoms with Crippen molar-refractivity contribution in [2.75, 3.05) is 43.2 Å². The van der Waals surface area contributed by atoms with Gasteiger partial charge in [0.25, 0.3) is 5.91 Å². The predicted octanol–water partition coefficient (Wildman–Crippen LogP) is 4.67. The Hall–Kier alpha value is -6.79. The first-order chi connectivity index (χ1) is 27.1. The molecule has 2 saturated heterocycles. The zero-order valence-electron chi connectivity index (χ0n) is 31.4. The molecule has 0 radical (unpaired) electrons. The second-order valence-corrected chi connectivity index (χ2v) is 13.9. The Morgan fingerprint density at radius 3 is 2.54 bits per heavy atom. The molecule has 0 spiro atoms. The van der Waals surface area contributed by atoms with E-state index in [-0.39, 0.29) is 48.6 Å². The van der Waals surface area contributed by atoms with Gasteiger partial charge in [0.1, 0.15) is 11.3 Å². The van der Waals surface area contributed by atoms with Gasteiger partial charge in [-0.15, -0.1) is 0 Å². The topological polar surface area (TPSA) is 170 Å². The van der Waals surface area contributed by atoms with Gasteiger partial charge in [0, 0.05) is 76.2 Å². The van der Waals surface area contributed by atoms with Gasteiger partial charge in [-0.1, -0.05) is 12.0 Å². The minimum Gasteiger partial charge on any atom is -0.448 e. The van der Waals surface area contributed by atoms with Crippen LogP contribution >= 0.6 is 0 Å². The van der Waals surface area contributed by atoms with E-state index in [0.29, 0.717) is 52.6 Å². The number of carbonyl (C=O) groups is 3. The van der Waals surface area contributed by atoms with E-state index in [4.69, 9.17) is 9.15 Å². The number of nitrogens with zero attached hydrogens (tertiary/aromatic N) is 7. The number of fused-ring (bicyclic) bond motifs is 2. The SMILES string of the molecule is Cc1cc(-c2ncc(N(C)c3cc(C4CCOCC4)c4c(c3)n(C)c(=O)n4C)cn2)cnc1C(=O)NCC#Cc1cc2c(N3CCC(=O)NC3=O)cccc2o1. The van der Waals surface area contributed by atoms with Gasteiger partial charge in [0.05, 0.1) is 41.3 Å². The molecule has 56 heavy (non-hydrogen) atoms. The fourth-order valence-corrected chi connectivity index (χ4v) is 7.39. The van der Waals surface area contributed by atoms with Crippen molar-refractivity contribution in [3.63, 3.8) is 0 Å². The molecule has 0 saturated carbocycles. The van der Waals surface area contributed by atoms with Crippen LogP contribution in [0.15, 0.2) is 70.3 Å². The molecular weight excluding hydrogens is 715 g/mol. The lowest BCUT2D eigenvalue weighted by molar-refractivity contribution is -0.120. The monoisotopic (exact) mass is 753 g/mol. The molecule has 15 heteroatoms. The van der Waals surface area contributed by atoms with Crippen LogP contribution in [0.4, 0.5) is 21.9 Å². The third-order valence-corrected chi connectivity index (χ3v) is 10.4. The number of anilines is 3. The summed E-state index contributed by atoms with van der Waals surface area (Å²) < 4.78 is 14.9. The maximum atomic E-state index is 13.0. The Labute approximate surface area is 321 Å². The molecule has 8 rings (SSSR count). The summed E-state index contributed by atoms with van der Waals surface area (Å²) in [6, 6.07) is 12.6. The van der Waals surface area contributed by atoms with Crippen LogP contribution in [0.1, 0.15) is 52.6 Å². The van der Waals surface area contributed by atoms with Gasteiger partial charge >= 0.3 is 11.7 Å². The first-order valence-corrected chi connectivity index (χ1v) is 18.3. The summed E-state index contributed by atoms with van der Waals surface area (Å²) >= 11 is 0. The number of imidazole rings is 1. The van der Waals surface area contributed by atoms with Crippen LogP contribution in [0.25, 0.3) is 33.4 Å². The van der Waals surface area contributed by atoms with Crippen LogP contribution in [0.5, 0.6) is 0 Å². The van der Waals surface area contributed by atoms with E-state index in [0.717, 1.165) is 40.8 Å². The summed E-state index contributed by atoms with van der Waals surface area (Å²) in [5.74, 6) is 6.26. The number of ether oxygens (including phenoxy) is 1. The van der Waals surface area contributed by atoms with Gasteiger partial charge in [-0.25, -0.2) is 19.6 Å². The largest absolute Gasteiger partial charge is 0.448 e. The molecule has 0 atom stereocenters. The number of aromatic nitrogens is 5.